The molecular formula is C9H8BrF4N5. The predicted molar refractivity (Wildman–Crippen MR) is 66.2 cm³/mol. The van der Waals surface area contributed by atoms with E-state index in [4.69, 9.17) is 17.2 Å². The van der Waals surface area contributed by atoms with Crippen LogP contribution in [0.2, 0.25) is 0 Å². The van der Waals surface area contributed by atoms with Gasteiger partial charge >= 0.3 is 6.18 Å². The third-order valence-corrected chi connectivity index (χ3v) is 2.60. The molecule has 0 amide bonds. The summed E-state index contributed by atoms with van der Waals surface area (Å²) in [6, 6.07) is 0.947. The molecule has 1 aromatic rings. The SMILES string of the molecule is NC(N)=NC(N)=Nc1cc(C(F)(F)F)cc(F)c1Br. The lowest BCUT2D eigenvalue weighted by atomic mass is 10.2. The molecule has 0 unspecified atom stereocenters. The van der Waals surface area contributed by atoms with Gasteiger partial charge in [0, 0.05) is 0 Å². The van der Waals surface area contributed by atoms with Crippen LogP contribution in [0.4, 0.5) is 23.2 Å². The van der Waals surface area contributed by atoms with Gasteiger partial charge in [-0.1, -0.05) is 0 Å². The maximum Gasteiger partial charge on any atom is 0.416 e. The fourth-order valence-corrected chi connectivity index (χ4v) is 1.42. The molecule has 104 valence electrons. The third kappa shape index (κ3) is 4.09. The van der Waals surface area contributed by atoms with E-state index in [1.165, 1.54) is 0 Å². The van der Waals surface area contributed by atoms with Crippen molar-refractivity contribution in [3.63, 3.8) is 0 Å². The number of nitrogens with two attached hydrogens (primary N) is 3. The molecule has 0 aromatic heterocycles. The van der Waals surface area contributed by atoms with Gasteiger partial charge in [0.2, 0.25) is 5.96 Å². The molecule has 0 bridgehead atoms. The van der Waals surface area contributed by atoms with E-state index in [1.54, 1.807) is 0 Å². The summed E-state index contributed by atoms with van der Waals surface area (Å²) >= 11 is 2.76. The molecule has 0 heterocycles. The van der Waals surface area contributed by atoms with Crippen LogP contribution >= 0.6 is 15.9 Å². The average Bonchev–Trinajstić information content (AvgIpc) is 2.21. The summed E-state index contributed by atoms with van der Waals surface area (Å²) in [4.78, 5) is 6.80. The maximum atomic E-state index is 13.3. The Morgan fingerprint density at radius 3 is 2.21 bits per heavy atom. The fourth-order valence-electron chi connectivity index (χ4n) is 1.10. The first kappa shape index (κ1) is 15.2. The zero-order valence-electron chi connectivity index (χ0n) is 9.17. The van der Waals surface area contributed by atoms with Gasteiger partial charge in [0.15, 0.2) is 5.96 Å². The summed E-state index contributed by atoms with van der Waals surface area (Å²) in [5.74, 6) is -2.06. The number of aliphatic imine (C=N–C) groups is 2. The van der Waals surface area contributed by atoms with Crippen LogP contribution in [0.3, 0.4) is 0 Å². The van der Waals surface area contributed by atoms with Gasteiger partial charge in [0.1, 0.15) is 5.82 Å². The van der Waals surface area contributed by atoms with Crippen LogP contribution in [-0.4, -0.2) is 11.9 Å². The van der Waals surface area contributed by atoms with E-state index in [0.717, 1.165) is 0 Å². The Morgan fingerprint density at radius 2 is 1.74 bits per heavy atom. The second-order valence-corrected chi connectivity index (χ2v) is 4.09. The molecule has 0 saturated carbocycles. The molecule has 0 atom stereocenters. The smallest absolute Gasteiger partial charge is 0.370 e. The van der Waals surface area contributed by atoms with Crippen molar-refractivity contribution in [1.29, 1.82) is 0 Å². The number of hydrogen-bond acceptors (Lipinski definition) is 1. The van der Waals surface area contributed by atoms with Crippen molar-refractivity contribution in [2.75, 3.05) is 0 Å². The Morgan fingerprint density at radius 1 is 1.16 bits per heavy atom. The van der Waals surface area contributed by atoms with Crippen molar-refractivity contribution >= 4 is 33.5 Å². The molecule has 19 heavy (non-hydrogen) atoms. The first-order chi connectivity index (χ1) is 8.61. The van der Waals surface area contributed by atoms with E-state index in [1.807, 2.05) is 0 Å². The van der Waals surface area contributed by atoms with Crippen molar-refractivity contribution in [1.82, 2.24) is 0 Å². The van der Waals surface area contributed by atoms with Crippen LogP contribution in [0.25, 0.3) is 0 Å². The zero-order valence-corrected chi connectivity index (χ0v) is 10.8. The van der Waals surface area contributed by atoms with Crippen molar-refractivity contribution in [2.45, 2.75) is 6.18 Å². The lowest BCUT2D eigenvalue weighted by Crippen LogP contribution is -2.26. The van der Waals surface area contributed by atoms with E-state index in [0.29, 0.717) is 12.1 Å². The number of alkyl halides is 3. The van der Waals surface area contributed by atoms with Crippen LogP contribution in [0.1, 0.15) is 5.56 Å². The minimum absolute atomic E-state index is 0.283. The normalized spacial score (nSPS) is 12.4. The number of guanidine groups is 2. The van der Waals surface area contributed by atoms with Crippen molar-refractivity contribution in [3.05, 3.63) is 28.0 Å². The van der Waals surface area contributed by atoms with Crippen molar-refractivity contribution in [2.24, 2.45) is 27.2 Å². The van der Waals surface area contributed by atoms with Crippen molar-refractivity contribution in [3.8, 4) is 0 Å². The summed E-state index contributed by atoms with van der Waals surface area (Å²) in [6.45, 7) is 0. The molecule has 1 aromatic carbocycles. The number of rotatable bonds is 1. The van der Waals surface area contributed by atoms with E-state index in [9.17, 15) is 17.6 Å². The maximum absolute atomic E-state index is 13.3. The zero-order chi connectivity index (χ0) is 14.8. The Kier molecular flexibility index (Phi) is 4.35. The van der Waals surface area contributed by atoms with Crippen LogP contribution in [0.15, 0.2) is 26.6 Å². The minimum atomic E-state index is -4.71. The predicted octanol–water partition coefficient (Wildman–Crippen LogP) is 1.83. The summed E-state index contributed by atoms with van der Waals surface area (Å²) in [7, 11) is 0. The lowest BCUT2D eigenvalue weighted by Gasteiger charge is -2.09. The van der Waals surface area contributed by atoms with E-state index >= 15 is 0 Å². The summed E-state index contributed by atoms with van der Waals surface area (Å²) in [5.41, 5.74) is 13.7. The molecule has 5 nitrogen and oxygen atoms in total. The topological polar surface area (TPSA) is 103 Å². The third-order valence-electron chi connectivity index (χ3n) is 1.81. The second kappa shape index (κ2) is 5.43. The Balaban J connectivity index is 3.36. The Labute approximate surface area is 113 Å². The molecule has 10 heteroatoms. The van der Waals surface area contributed by atoms with E-state index in [2.05, 4.69) is 25.9 Å². The highest BCUT2D eigenvalue weighted by atomic mass is 79.9. The minimum Gasteiger partial charge on any atom is -0.370 e. The molecule has 0 aliphatic heterocycles. The molecule has 0 spiro atoms. The molecule has 0 aliphatic rings. The van der Waals surface area contributed by atoms with Gasteiger partial charge < -0.3 is 17.2 Å². The van der Waals surface area contributed by atoms with Crippen LogP contribution < -0.4 is 17.2 Å². The highest BCUT2D eigenvalue weighted by molar-refractivity contribution is 9.10. The van der Waals surface area contributed by atoms with Gasteiger partial charge in [0.05, 0.1) is 15.7 Å². The number of hydrogen-bond donors (Lipinski definition) is 3. The van der Waals surface area contributed by atoms with Crippen LogP contribution in [-0.2, 0) is 6.18 Å². The quantitative estimate of drug-likeness (QED) is 0.412. The van der Waals surface area contributed by atoms with Gasteiger partial charge in [-0.05, 0) is 28.1 Å². The van der Waals surface area contributed by atoms with Crippen LogP contribution in [0, 0.1) is 5.82 Å². The molecule has 0 aliphatic carbocycles. The van der Waals surface area contributed by atoms with Gasteiger partial charge in [-0.25, -0.2) is 9.38 Å². The van der Waals surface area contributed by atoms with Crippen LogP contribution in [0.5, 0.6) is 0 Å². The Hall–Kier alpha value is -1.84. The average molecular weight is 342 g/mol. The second-order valence-electron chi connectivity index (χ2n) is 3.30. The Bertz CT molecular complexity index is 548. The van der Waals surface area contributed by atoms with E-state index in [-0.39, 0.29) is 10.2 Å². The number of halogens is 5. The molecule has 1 rings (SSSR count). The summed E-state index contributed by atoms with van der Waals surface area (Å²) in [5, 5.41) is 0. The summed E-state index contributed by atoms with van der Waals surface area (Å²) < 4.78 is 50.6. The first-order valence-corrected chi connectivity index (χ1v) is 5.40. The number of nitrogens with zero attached hydrogens (tertiary/aromatic N) is 2. The summed E-state index contributed by atoms with van der Waals surface area (Å²) in [6.07, 6.45) is -4.71. The highest BCUT2D eigenvalue weighted by Gasteiger charge is 2.32. The van der Waals surface area contributed by atoms with Gasteiger partial charge in [-0.3, -0.25) is 0 Å². The van der Waals surface area contributed by atoms with E-state index < -0.39 is 29.5 Å². The highest BCUT2D eigenvalue weighted by Crippen LogP contribution is 2.37. The largest absolute Gasteiger partial charge is 0.416 e. The van der Waals surface area contributed by atoms with Gasteiger partial charge in [0.25, 0.3) is 0 Å². The first-order valence-electron chi connectivity index (χ1n) is 4.61. The molecule has 0 saturated heterocycles. The molecular weight excluding hydrogens is 334 g/mol. The molecule has 0 radical (unpaired) electrons. The van der Waals surface area contributed by atoms with Crippen molar-refractivity contribution < 1.29 is 17.6 Å². The molecule has 6 N–H and O–H groups in total. The monoisotopic (exact) mass is 341 g/mol. The van der Waals surface area contributed by atoms with Gasteiger partial charge in [-0.2, -0.15) is 18.2 Å². The standard InChI is InChI=1S/C9H8BrF4N5/c10-6-4(11)1-3(9(12,13)14)2-5(6)18-8(17)19-7(15)16/h1-2H,(H6,15,16,17,18,19). The van der Waals surface area contributed by atoms with Gasteiger partial charge in [-0.15, -0.1) is 0 Å². The number of benzene rings is 1. The lowest BCUT2D eigenvalue weighted by molar-refractivity contribution is -0.137. The fraction of sp³-hybridized carbons (Fsp3) is 0.111. The molecule has 0 fully saturated rings.